The quantitative estimate of drug-likeness (QED) is 0.646. The molecule has 0 fully saturated rings. The molecule has 0 unspecified atom stereocenters. The van der Waals surface area contributed by atoms with Crippen molar-refractivity contribution < 1.29 is 4.79 Å². The molecule has 22 heavy (non-hydrogen) atoms. The van der Waals surface area contributed by atoms with Crippen molar-refractivity contribution in [3.63, 3.8) is 0 Å². The molecule has 0 saturated carbocycles. The van der Waals surface area contributed by atoms with Crippen LogP contribution in [0.25, 0.3) is 10.9 Å². The van der Waals surface area contributed by atoms with Gasteiger partial charge >= 0.3 is 0 Å². The molecule has 0 aliphatic rings. The Bertz CT molecular complexity index is 826. The van der Waals surface area contributed by atoms with Crippen LogP contribution in [0.5, 0.6) is 0 Å². The number of hydrogen-bond donors (Lipinski definition) is 3. The number of carbonyl (C=O) groups is 1. The number of hydrogen-bond acceptors (Lipinski definition) is 2. The van der Waals surface area contributed by atoms with Gasteiger partial charge in [-0.15, -0.1) is 0 Å². The minimum absolute atomic E-state index is 0.150. The maximum atomic E-state index is 12.1. The van der Waals surface area contributed by atoms with Crippen LogP contribution in [0.4, 0.5) is 5.69 Å². The lowest BCUT2D eigenvalue weighted by molar-refractivity contribution is 0.0954. The minimum Gasteiger partial charge on any atom is -0.398 e. The smallest absolute Gasteiger partial charge is 0.251 e. The summed E-state index contributed by atoms with van der Waals surface area (Å²) in [6.07, 6.45) is 2.75. The molecule has 3 rings (SSSR count). The van der Waals surface area contributed by atoms with E-state index in [9.17, 15) is 4.79 Å². The monoisotopic (exact) mass is 313 g/mol. The van der Waals surface area contributed by atoms with E-state index in [-0.39, 0.29) is 5.91 Å². The van der Waals surface area contributed by atoms with E-state index in [0.29, 0.717) is 22.8 Å². The molecule has 112 valence electrons. The number of amides is 1. The van der Waals surface area contributed by atoms with E-state index < -0.39 is 0 Å². The Morgan fingerprint density at radius 3 is 2.86 bits per heavy atom. The molecular weight excluding hydrogens is 298 g/mol. The largest absolute Gasteiger partial charge is 0.398 e. The molecule has 5 heteroatoms. The first kappa shape index (κ1) is 14.5. The number of nitrogens with one attached hydrogen (secondary N) is 2. The number of carbonyl (C=O) groups excluding carboxylic acids is 1. The summed E-state index contributed by atoms with van der Waals surface area (Å²) in [6, 6.07) is 13.0. The number of fused-ring (bicyclic) bond motifs is 1. The lowest BCUT2D eigenvalue weighted by atomic mass is 10.1. The highest BCUT2D eigenvalue weighted by molar-refractivity contribution is 6.33. The van der Waals surface area contributed by atoms with Gasteiger partial charge in [0.25, 0.3) is 5.91 Å². The Kier molecular flexibility index (Phi) is 4.02. The van der Waals surface area contributed by atoms with Crippen molar-refractivity contribution in [2.45, 2.75) is 6.42 Å². The Balaban J connectivity index is 1.63. The summed E-state index contributed by atoms with van der Waals surface area (Å²) < 4.78 is 0. The minimum atomic E-state index is -0.150. The van der Waals surface area contributed by atoms with Crippen LogP contribution in [-0.2, 0) is 6.42 Å². The number of aromatic nitrogens is 1. The topological polar surface area (TPSA) is 70.9 Å². The molecule has 0 spiro atoms. The number of nitrogen functional groups attached to an aromatic ring is 1. The molecular formula is C17H16ClN3O. The fraction of sp³-hybridized carbons (Fsp3) is 0.118. The molecule has 0 aliphatic heterocycles. The van der Waals surface area contributed by atoms with Crippen LogP contribution in [0.2, 0.25) is 5.02 Å². The normalized spacial score (nSPS) is 10.8. The second-order valence-corrected chi connectivity index (χ2v) is 5.51. The van der Waals surface area contributed by atoms with Crippen molar-refractivity contribution in [3.05, 3.63) is 64.8 Å². The molecule has 4 nitrogen and oxygen atoms in total. The molecule has 4 N–H and O–H groups in total. The van der Waals surface area contributed by atoms with E-state index in [1.54, 1.807) is 18.2 Å². The zero-order valence-corrected chi connectivity index (χ0v) is 12.7. The molecule has 0 aliphatic carbocycles. The van der Waals surface area contributed by atoms with E-state index in [4.69, 9.17) is 17.3 Å². The average Bonchev–Trinajstić information content (AvgIpc) is 2.93. The van der Waals surface area contributed by atoms with Crippen LogP contribution >= 0.6 is 11.6 Å². The van der Waals surface area contributed by atoms with Crippen molar-refractivity contribution in [2.24, 2.45) is 0 Å². The number of halogens is 1. The lowest BCUT2D eigenvalue weighted by Crippen LogP contribution is -2.25. The summed E-state index contributed by atoms with van der Waals surface area (Å²) in [5, 5.41) is 4.54. The fourth-order valence-corrected chi connectivity index (χ4v) is 2.55. The van der Waals surface area contributed by atoms with Gasteiger partial charge in [0, 0.05) is 29.2 Å². The molecule has 0 saturated heterocycles. The van der Waals surface area contributed by atoms with Crippen molar-refractivity contribution in [1.82, 2.24) is 10.3 Å². The summed E-state index contributed by atoms with van der Waals surface area (Å²) in [5.41, 5.74) is 8.93. The molecule has 3 aromatic rings. The third-order valence-corrected chi connectivity index (χ3v) is 3.96. The highest BCUT2D eigenvalue weighted by atomic mass is 35.5. The van der Waals surface area contributed by atoms with Crippen molar-refractivity contribution in [3.8, 4) is 0 Å². The highest BCUT2D eigenvalue weighted by Gasteiger charge is 2.08. The Morgan fingerprint density at radius 2 is 2.05 bits per heavy atom. The van der Waals surface area contributed by atoms with E-state index >= 15 is 0 Å². The lowest BCUT2D eigenvalue weighted by Gasteiger charge is -2.06. The Labute approximate surface area is 133 Å². The first-order valence-electron chi connectivity index (χ1n) is 7.03. The van der Waals surface area contributed by atoms with Gasteiger partial charge in [-0.3, -0.25) is 4.79 Å². The van der Waals surface area contributed by atoms with Gasteiger partial charge in [0.05, 0.1) is 10.7 Å². The van der Waals surface area contributed by atoms with Crippen molar-refractivity contribution in [2.75, 3.05) is 12.3 Å². The second kappa shape index (κ2) is 6.12. The van der Waals surface area contributed by atoms with Crippen LogP contribution in [0.1, 0.15) is 15.9 Å². The summed E-state index contributed by atoms with van der Waals surface area (Å²) in [4.78, 5) is 15.3. The average molecular weight is 314 g/mol. The maximum Gasteiger partial charge on any atom is 0.251 e. The number of rotatable bonds is 4. The summed E-state index contributed by atoms with van der Waals surface area (Å²) in [7, 11) is 0. The molecule has 2 aromatic carbocycles. The predicted molar refractivity (Wildman–Crippen MR) is 90.2 cm³/mol. The Morgan fingerprint density at radius 1 is 1.23 bits per heavy atom. The molecule has 0 radical (unpaired) electrons. The van der Waals surface area contributed by atoms with Crippen LogP contribution in [-0.4, -0.2) is 17.4 Å². The first-order valence-corrected chi connectivity index (χ1v) is 7.41. The van der Waals surface area contributed by atoms with Gasteiger partial charge in [0.1, 0.15) is 0 Å². The van der Waals surface area contributed by atoms with Gasteiger partial charge in [-0.2, -0.15) is 0 Å². The van der Waals surface area contributed by atoms with Gasteiger partial charge in [0.2, 0.25) is 0 Å². The highest BCUT2D eigenvalue weighted by Crippen LogP contribution is 2.20. The van der Waals surface area contributed by atoms with E-state index in [1.165, 1.54) is 10.9 Å². The van der Waals surface area contributed by atoms with Crippen molar-refractivity contribution in [1.29, 1.82) is 0 Å². The van der Waals surface area contributed by atoms with Gasteiger partial charge in [0.15, 0.2) is 0 Å². The SMILES string of the molecule is Nc1cc(C(=O)NCCc2c[nH]c3ccccc23)ccc1Cl. The van der Waals surface area contributed by atoms with Gasteiger partial charge in [-0.1, -0.05) is 29.8 Å². The Hall–Kier alpha value is -2.46. The second-order valence-electron chi connectivity index (χ2n) is 5.10. The molecule has 0 bridgehead atoms. The number of para-hydroxylation sites is 1. The predicted octanol–water partition coefficient (Wildman–Crippen LogP) is 3.38. The molecule has 1 amide bonds. The molecule has 1 aromatic heterocycles. The summed E-state index contributed by atoms with van der Waals surface area (Å²) in [5.74, 6) is -0.150. The van der Waals surface area contributed by atoms with Crippen LogP contribution in [0.3, 0.4) is 0 Å². The standard InChI is InChI=1S/C17H16ClN3O/c18-14-6-5-11(9-15(14)19)17(22)20-8-7-12-10-21-16-4-2-1-3-13(12)16/h1-6,9-10,21H,7-8,19H2,(H,20,22). The van der Waals surface area contributed by atoms with Crippen LogP contribution in [0, 0.1) is 0 Å². The number of nitrogens with two attached hydrogens (primary N) is 1. The third kappa shape index (κ3) is 2.92. The fourth-order valence-electron chi connectivity index (χ4n) is 2.44. The van der Waals surface area contributed by atoms with E-state index in [1.807, 2.05) is 24.4 Å². The zero-order valence-electron chi connectivity index (χ0n) is 11.9. The van der Waals surface area contributed by atoms with E-state index in [0.717, 1.165) is 11.9 Å². The van der Waals surface area contributed by atoms with Gasteiger partial charge in [-0.05, 0) is 36.2 Å². The third-order valence-electron chi connectivity index (χ3n) is 3.61. The molecule has 0 atom stereocenters. The van der Waals surface area contributed by atoms with Crippen molar-refractivity contribution >= 4 is 34.1 Å². The summed E-state index contributed by atoms with van der Waals surface area (Å²) >= 11 is 5.85. The van der Waals surface area contributed by atoms with Crippen LogP contribution < -0.4 is 11.1 Å². The molecule has 1 heterocycles. The van der Waals surface area contributed by atoms with Gasteiger partial charge < -0.3 is 16.0 Å². The van der Waals surface area contributed by atoms with Crippen LogP contribution in [0.15, 0.2) is 48.7 Å². The maximum absolute atomic E-state index is 12.1. The number of benzene rings is 2. The zero-order chi connectivity index (χ0) is 15.5. The first-order chi connectivity index (χ1) is 10.6. The number of H-pyrrole nitrogens is 1. The van der Waals surface area contributed by atoms with E-state index in [2.05, 4.69) is 16.4 Å². The number of aromatic amines is 1. The number of anilines is 1. The summed E-state index contributed by atoms with van der Waals surface area (Å²) in [6.45, 7) is 0.559. The van der Waals surface area contributed by atoms with Gasteiger partial charge in [-0.25, -0.2) is 0 Å².